The van der Waals surface area contributed by atoms with E-state index >= 15 is 0 Å². The van der Waals surface area contributed by atoms with Crippen LogP contribution in [0, 0.1) is 17.6 Å². The van der Waals surface area contributed by atoms with Crippen LogP contribution in [0.3, 0.4) is 0 Å². The van der Waals surface area contributed by atoms with Gasteiger partial charge in [-0.2, -0.15) is 4.98 Å². The van der Waals surface area contributed by atoms with Crippen LogP contribution in [0.25, 0.3) is 11.4 Å². The van der Waals surface area contributed by atoms with Gasteiger partial charge in [-0.05, 0) is 43.7 Å². The molecule has 0 atom stereocenters. The zero-order valence-corrected chi connectivity index (χ0v) is 15.0. The number of anilines is 1. The van der Waals surface area contributed by atoms with Crippen LogP contribution in [-0.4, -0.2) is 37.4 Å². The smallest absolute Gasteiger partial charge is 0.322 e. The largest absolute Gasteiger partial charge is 0.335 e. The Bertz CT molecular complexity index is 864. The number of benzene rings is 1. The van der Waals surface area contributed by atoms with Crippen molar-refractivity contribution in [2.45, 2.75) is 31.7 Å². The summed E-state index contributed by atoms with van der Waals surface area (Å²) in [6.07, 6.45) is 4.55. The highest BCUT2D eigenvalue weighted by Gasteiger charge is 2.23. The van der Waals surface area contributed by atoms with Gasteiger partial charge in [0.1, 0.15) is 11.6 Å². The predicted molar refractivity (Wildman–Crippen MR) is 91.9 cm³/mol. The second-order valence-corrected chi connectivity index (χ2v) is 8.36. The number of hydrogen-bond acceptors (Lipinski definition) is 6. The zero-order chi connectivity index (χ0) is 18.7. The highest BCUT2D eigenvalue weighted by atomic mass is 32.2. The Kier molecular flexibility index (Phi) is 5.52. The fraction of sp³-hybridized carbons (Fsp3) is 0.500. The van der Waals surface area contributed by atoms with E-state index < -0.39 is 21.7 Å². The van der Waals surface area contributed by atoms with Gasteiger partial charge >= 0.3 is 6.01 Å². The molecule has 0 amide bonds. The third kappa shape index (κ3) is 4.98. The molecule has 0 aliphatic heterocycles. The molecule has 1 saturated carbocycles. The molecule has 1 aliphatic carbocycles. The predicted octanol–water partition coefficient (Wildman–Crippen LogP) is 2.53. The second-order valence-electron chi connectivity index (χ2n) is 6.53. The number of sulfonamides is 1. The quantitative estimate of drug-likeness (QED) is 0.792. The van der Waals surface area contributed by atoms with Gasteiger partial charge in [0.25, 0.3) is 0 Å². The third-order valence-electron chi connectivity index (χ3n) is 4.41. The number of aromatic nitrogens is 2. The van der Waals surface area contributed by atoms with E-state index in [1.807, 2.05) is 0 Å². The summed E-state index contributed by atoms with van der Waals surface area (Å²) in [6.45, 7) is 0.445. The fourth-order valence-electron chi connectivity index (χ4n) is 3.02. The molecule has 1 aromatic heterocycles. The van der Waals surface area contributed by atoms with Gasteiger partial charge in [-0.3, -0.25) is 0 Å². The lowest BCUT2D eigenvalue weighted by molar-refractivity contribution is 0.330. The molecule has 10 heteroatoms. The van der Waals surface area contributed by atoms with Crippen molar-refractivity contribution in [3.05, 3.63) is 29.8 Å². The molecule has 0 unspecified atom stereocenters. The number of rotatable bonds is 6. The molecular formula is C16H20F2N4O3S. The lowest BCUT2D eigenvalue weighted by Gasteiger charge is -2.28. The Morgan fingerprint density at radius 3 is 2.62 bits per heavy atom. The van der Waals surface area contributed by atoms with Crippen LogP contribution >= 0.6 is 0 Å². The molecule has 142 valence electrons. The monoisotopic (exact) mass is 386 g/mol. The molecule has 2 aromatic rings. The molecular weight excluding hydrogens is 366 g/mol. The van der Waals surface area contributed by atoms with Gasteiger partial charge in [-0.15, -0.1) is 0 Å². The number of halogens is 2. The van der Waals surface area contributed by atoms with Gasteiger partial charge in [0, 0.05) is 18.7 Å². The minimum absolute atomic E-state index is 0.0519. The minimum Gasteiger partial charge on any atom is -0.335 e. The molecule has 0 bridgehead atoms. The van der Waals surface area contributed by atoms with Crippen LogP contribution in [-0.2, 0) is 10.0 Å². The highest BCUT2D eigenvalue weighted by Crippen LogP contribution is 2.27. The second kappa shape index (κ2) is 7.67. The van der Waals surface area contributed by atoms with E-state index in [1.54, 1.807) is 0 Å². The maximum absolute atomic E-state index is 13.8. The van der Waals surface area contributed by atoms with E-state index in [0.29, 0.717) is 12.5 Å². The maximum Gasteiger partial charge on any atom is 0.322 e. The summed E-state index contributed by atoms with van der Waals surface area (Å²) in [5.74, 6) is -1.07. The average Bonchev–Trinajstić information content (AvgIpc) is 3.01. The van der Waals surface area contributed by atoms with Crippen molar-refractivity contribution in [1.29, 1.82) is 0 Å². The van der Waals surface area contributed by atoms with Gasteiger partial charge < -0.3 is 9.84 Å². The van der Waals surface area contributed by atoms with Crippen molar-refractivity contribution in [2.24, 2.45) is 5.92 Å². The Balaban J connectivity index is 1.54. The molecule has 0 spiro atoms. The lowest BCUT2D eigenvalue weighted by Crippen LogP contribution is -2.33. The molecule has 1 aromatic carbocycles. The van der Waals surface area contributed by atoms with E-state index in [0.717, 1.165) is 44.1 Å². The average molecular weight is 386 g/mol. The number of nitrogens with one attached hydrogen (secondary N) is 2. The molecule has 7 nitrogen and oxygen atoms in total. The van der Waals surface area contributed by atoms with Crippen LogP contribution in [0.4, 0.5) is 14.8 Å². The summed E-state index contributed by atoms with van der Waals surface area (Å²) in [5.41, 5.74) is 0.0683. The van der Waals surface area contributed by atoms with E-state index in [4.69, 9.17) is 4.52 Å². The molecule has 0 saturated heterocycles. The zero-order valence-electron chi connectivity index (χ0n) is 14.2. The van der Waals surface area contributed by atoms with Crippen LogP contribution in [0.5, 0.6) is 0 Å². The lowest BCUT2D eigenvalue weighted by atomic mass is 9.86. The maximum atomic E-state index is 13.8. The summed E-state index contributed by atoms with van der Waals surface area (Å²) in [5, 5.41) is 6.85. The van der Waals surface area contributed by atoms with E-state index in [1.165, 1.54) is 6.07 Å². The van der Waals surface area contributed by atoms with Crippen molar-refractivity contribution < 1.29 is 21.7 Å². The molecule has 0 radical (unpaired) electrons. The first kappa shape index (κ1) is 18.7. The Morgan fingerprint density at radius 2 is 1.96 bits per heavy atom. The van der Waals surface area contributed by atoms with Crippen molar-refractivity contribution >= 4 is 16.0 Å². The first-order valence-electron chi connectivity index (χ1n) is 8.30. The summed E-state index contributed by atoms with van der Waals surface area (Å²) < 4.78 is 56.7. The molecule has 1 heterocycles. The van der Waals surface area contributed by atoms with Crippen molar-refractivity contribution in [3.8, 4) is 11.4 Å². The number of nitrogens with zero attached hydrogens (tertiary/aromatic N) is 2. The van der Waals surface area contributed by atoms with Gasteiger partial charge in [-0.1, -0.05) is 5.16 Å². The summed E-state index contributed by atoms with van der Waals surface area (Å²) in [6, 6.07) is 3.47. The highest BCUT2D eigenvalue weighted by molar-refractivity contribution is 7.88. The molecule has 3 rings (SSSR count). The van der Waals surface area contributed by atoms with Gasteiger partial charge in [0.15, 0.2) is 0 Å². The third-order valence-corrected chi connectivity index (χ3v) is 5.10. The van der Waals surface area contributed by atoms with Crippen molar-refractivity contribution in [3.63, 3.8) is 0 Å². The molecule has 1 fully saturated rings. The number of hydrogen-bond donors (Lipinski definition) is 2. The minimum atomic E-state index is -3.17. The molecule has 2 N–H and O–H groups in total. The van der Waals surface area contributed by atoms with Crippen LogP contribution in [0.2, 0.25) is 0 Å². The first-order chi connectivity index (χ1) is 12.3. The summed E-state index contributed by atoms with van der Waals surface area (Å²) >= 11 is 0. The first-order valence-corrected chi connectivity index (χ1v) is 10.2. The fourth-order valence-corrected chi connectivity index (χ4v) is 3.56. The van der Waals surface area contributed by atoms with E-state index in [-0.39, 0.29) is 23.4 Å². The topological polar surface area (TPSA) is 97.1 Å². The van der Waals surface area contributed by atoms with Gasteiger partial charge in [0.05, 0.1) is 11.8 Å². The normalized spacial score (nSPS) is 20.9. The SMILES string of the molecule is CS(=O)(=O)NC[C@H]1CC[C@H](Nc2nc(-c3ccc(F)cc3F)no2)CC1. The van der Waals surface area contributed by atoms with Crippen molar-refractivity contribution in [1.82, 2.24) is 14.9 Å². The Morgan fingerprint density at radius 1 is 1.23 bits per heavy atom. The molecule has 1 aliphatic rings. The van der Waals surface area contributed by atoms with Crippen LogP contribution in [0.1, 0.15) is 25.7 Å². The standard InChI is InChI=1S/C16H20F2N4O3S/c1-26(23,24)19-9-10-2-5-12(6-3-10)20-16-21-15(22-25-16)13-7-4-11(17)8-14(13)18/h4,7-8,10,12,19H,2-3,5-6,9H2,1H3,(H,20,21,22)/t10-,12-. The van der Waals surface area contributed by atoms with Gasteiger partial charge in [-0.25, -0.2) is 21.9 Å². The van der Waals surface area contributed by atoms with Crippen molar-refractivity contribution in [2.75, 3.05) is 18.1 Å². The summed E-state index contributed by atoms with van der Waals surface area (Å²) in [7, 11) is -3.17. The van der Waals surface area contributed by atoms with E-state index in [9.17, 15) is 17.2 Å². The Labute approximate surface area is 150 Å². The van der Waals surface area contributed by atoms with Crippen LogP contribution in [0.15, 0.2) is 22.7 Å². The summed E-state index contributed by atoms with van der Waals surface area (Å²) in [4.78, 5) is 4.11. The Hall–Kier alpha value is -2.07. The van der Waals surface area contributed by atoms with Gasteiger partial charge in [0.2, 0.25) is 15.8 Å². The van der Waals surface area contributed by atoms with E-state index in [2.05, 4.69) is 20.2 Å². The van der Waals surface area contributed by atoms with Crippen LogP contribution < -0.4 is 10.0 Å². The molecule has 26 heavy (non-hydrogen) atoms.